The van der Waals surface area contributed by atoms with Crippen molar-refractivity contribution in [1.29, 1.82) is 0 Å². The summed E-state index contributed by atoms with van der Waals surface area (Å²) in [6.07, 6.45) is 1.93. The third kappa shape index (κ3) is 11.0. The molecule has 2 rings (SSSR count). The second-order valence-corrected chi connectivity index (χ2v) is 7.13. The van der Waals surface area contributed by atoms with Crippen LogP contribution in [0.5, 0.6) is 0 Å². The Hall–Kier alpha value is -2.83. The Morgan fingerprint density at radius 2 is 1.31 bits per heavy atom. The Bertz CT molecular complexity index is 966. The van der Waals surface area contributed by atoms with Crippen LogP contribution in [0.3, 0.4) is 0 Å². The Kier molecular flexibility index (Phi) is 14.8. The number of carbonyl (C=O) groups excluding carboxylic acids is 1. The molecular weight excluding hydrogens is 451 g/mol. The van der Waals surface area contributed by atoms with Crippen LogP contribution in [0.25, 0.3) is 5.32 Å². The number of aryl methyl sites for hydroxylation is 4. The van der Waals surface area contributed by atoms with Gasteiger partial charge in [-0.05, 0) is 82.0 Å². The van der Waals surface area contributed by atoms with E-state index in [4.69, 9.17) is 26.5 Å². The first-order valence-corrected chi connectivity index (χ1v) is 9.71. The van der Waals surface area contributed by atoms with E-state index in [9.17, 15) is 0 Å². The van der Waals surface area contributed by atoms with Crippen LogP contribution in [0.2, 0.25) is 0 Å². The zero-order valence-corrected chi connectivity index (χ0v) is 21.0. The van der Waals surface area contributed by atoms with Crippen molar-refractivity contribution < 1.29 is 31.5 Å². The fourth-order valence-corrected chi connectivity index (χ4v) is 2.59. The van der Waals surface area contributed by atoms with Gasteiger partial charge >= 0.3 is 16.5 Å². The van der Waals surface area contributed by atoms with E-state index >= 15 is 0 Å². The number of aliphatic hydroxyl groups is 1. The summed E-state index contributed by atoms with van der Waals surface area (Å²) in [5, 5.41) is 20.5. The molecule has 2 aromatic carbocycles. The Morgan fingerprint density at radius 3 is 1.81 bits per heavy atom. The Labute approximate surface area is 201 Å². The number of carboxylic acid groups (broad SMARTS) is 1. The van der Waals surface area contributed by atoms with Crippen LogP contribution in [0.1, 0.15) is 43.0 Å². The topological polar surface area (TPSA) is 139 Å². The molecule has 0 fully saturated rings. The van der Waals surface area contributed by atoms with Gasteiger partial charge in [0.25, 0.3) is 0 Å². The van der Waals surface area contributed by atoms with Crippen LogP contribution >= 0.6 is 0 Å². The maximum Gasteiger partial charge on any atom is 2.00 e. The summed E-state index contributed by atoms with van der Waals surface area (Å²) in [6, 6.07) is 7.93. The van der Waals surface area contributed by atoms with Crippen molar-refractivity contribution in [2.75, 3.05) is 18.6 Å². The largest absolute Gasteiger partial charge is 2.00 e. The Morgan fingerprint density at radius 1 is 0.906 bits per heavy atom. The maximum absolute atomic E-state index is 8.89. The van der Waals surface area contributed by atoms with Gasteiger partial charge in [0.2, 0.25) is 0 Å². The number of carboxylic acids is 1. The van der Waals surface area contributed by atoms with Crippen molar-refractivity contribution in [1.82, 2.24) is 0 Å². The fourth-order valence-electron chi connectivity index (χ4n) is 2.59. The number of hydrogen-bond acceptors (Lipinski definition) is 6. The molecule has 0 atom stereocenters. The SMILES string of the molecule is CC(/C=C(/C)[N-]c1cc(C)c(C)cc1N)=Nc1cc(C)c(C)cc1N.CC(=O)[O-].CO.[Ni+2]. The minimum Gasteiger partial charge on any atom is -0.660 e. The average molecular weight is 485 g/mol. The van der Waals surface area contributed by atoms with E-state index in [1.165, 1.54) is 22.3 Å². The van der Waals surface area contributed by atoms with E-state index in [0.29, 0.717) is 11.4 Å². The van der Waals surface area contributed by atoms with Gasteiger partial charge in [-0.2, -0.15) is 5.70 Å². The molecule has 7 nitrogen and oxygen atoms in total. The summed E-state index contributed by atoms with van der Waals surface area (Å²) in [5.41, 5.74) is 21.5. The van der Waals surface area contributed by atoms with E-state index in [0.717, 1.165) is 36.8 Å². The first-order chi connectivity index (χ1) is 14.4. The van der Waals surface area contributed by atoms with Crippen molar-refractivity contribution in [3.63, 3.8) is 0 Å². The molecule has 0 heterocycles. The van der Waals surface area contributed by atoms with Gasteiger partial charge < -0.3 is 31.8 Å². The van der Waals surface area contributed by atoms with E-state index in [1.54, 1.807) is 0 Å². The average Bonchev–Trinajstić information content (AvgIpc) is 2.65. The predicted molar refractivity (Wildman–Crippen MR) is 129 cm³/mol. The smallest absolute Gasteiger partial charge is 0.660 e. The molecule has 0 saturated heterocycles. The third-order valence-corrected chi connectivity index (χ3v) is 4.30. The molecule has 0 amide bonds. The molecule has 0 unspecified atom stereocenters. The first-order valence-electron chi connectivity index (χ1n) is 9.71. The van der Waals surface area contributed by atoms with Gasteiger partial charge in [0.15, 0.2) is 0 Å². The Balaban J connectivity index is 0. The third-order valence-electron chi connectivity index (χ3n) is 4.30. The van der Waals surface area contributed by atoms with Crippen molar-refractivity contribution in [2.45, 2.75) is 48.5 Å². The first kappa shape index (κ1) is 31.4. The van der Waals surface area contributed by atoms with Crippen LogP contribution in [0.4, 0.5) is 22.7 Å². The van der Waals surface area contributed by atoms with Gasteiger partial charge in [0.05, 0.1) is 11.4 Å². The van der Waals surface area contributed by atoms with Gasteiger partial charge in [-0.15, -0.1) is 5.69 Å². The monoisotopic (exact) mass is 484 g/mol. The molecule has 0 aliphatic heterocycles. The van der Waals surface area contributed by atoms with Gasteiger partial charge in [-0.3, -0.25) is 4.99 Å². The fraction of sp³-hybridized carbons (Fsp3) is 0.333. The summed E-state index contributed by atoms with van der Waals surface area (Å²) in [6.45, 7) is 13.1. The van der Waals surface area contributed by atoms with Crippen molar-refractivity contribution >= 4 is 34.4 Å². The van der Waals surface area contributed by atoms with Gasteiger partial charge in [0, 0.05) is 24.5 Å². The molecule has 0 aromatic heterocycles. The number of allylic oxidation sites excluding steroid dienone is 2. The number of anilines is 2. The molecule has 0 aliphatic carbocycles. The zero-order chi connectivity index (χ0) is 24.3. The predicted octanol–water partition coefficient (Wildman–Crippen LogP) is 4.15. The van der Waals surface area contributed by atoms with Crippen LogP contribution < -0.4 is 16.6 Å². The van der Waals surface area contributed by atoms with Crippen LogP contribution in [0, 0.1) is 27.7 Å². The minimum atomic E-state index is -1.08. The maximum atomic E-state index is 8.89. The summed E-state index contributed by atoms with van der Waals surface area (Å²) in [7, 11) is 1.00. The van der Waals surface area contributed by atoms with E-state index in [-0.39, 0.29) is 16.5 Å². The van der Waals surface area contributed by atoms with Gasteiger partial charge in [-0.1, -0.05) is 19.1 Å². The number of aliphatic hydroxyl groups excluding tert-OH is 1. The summed E-state index contributed by atoms with van der Waals surface area (Å²) in [5.74, 6) is -1.08. The number of aliphatic imine (C=N–C) groups is 1. The molecule has 5 N–H and O–H groups in total. The van der Waals surface area contributed by atoms with Crippen LogP contribution in [-0.4, -0.2) is 23.9 Å². The molecule has 32 heavy (non-hydrogen) atoms. The normalized spacial score (nSPS) is 10.7. The quantitative estimate of drug-likeness (QED) is 0.339. The number of nitrogen functional groups attached to an aromatic ring is 2. The molecule has 2 aromatic rings. The molecule has 0 radical (unpaired) electrons. The zero-order valence-electron chi connectivity index (χ0n) is 20.0. The number of nitrogens with two attached hydrogens (primary N) is 2. The number of rotatable bonds is 4. The van der Waals surface area contributed by atoms with Crippen LogP contribution in [-0.2, 0) is 21.3 Å². The molecular formula is C24H34N4NiO3. The van der Waals surface area contributed by atoms with Gasteiger partial charge in [-0.25, -0.2) is 0 Å². The molecule has 0 spiro atoms. The van der Waals surface area contributed by atoms with E-state index in [1.807, 2.05) is 58.0 Å². The second-order valence-electron chi connectivity index (χ2n) is 7.13. The molecule has 8 heteroatoms. The number of benzene rings is 2. The van der Waals surface area contributed by atoms with Gasteiger partial charge in [0.1, 0.15) is 0 Å². The van der Waals surface area contributed by atoms with Crippen molar-refractivity contribution in [3.05, 3.63) is 63.6 Å². The van der Waals surface area contributed by atoms with E-state index in [2.05, 4.69) is 24.2 Å². The summed E-state index contributed by atoms with van der Waals surface area (Å²) >= 11 is 0. The molecule has 0 aliphatic rings. The summed E-state index contributed by atoms with van der Waals surface area (Å²) < 4.78 is 0. The number of carbonyl (C=O) groups is 1. The molecule has 0 saturated carbocycles. The minimum absolute atomic E-state index is 0. The standard InChI is InChI=1S/C21H27N4.C2H4O2.CH4O.Ni/c1-12-7-18(22)20(9-14(12)3)24-16(5)11-17(6)25-21-10-15(4)13(2)8-19(21)23;1-2(3)4;1-2;/h7-11H,22-23H2,1-6H3;1H3,(H,3,4);2H,1H3;/q-1;;;+2/p-1/b16-11-,25-17?;;;. The number of aliphatic carboxylic acids is 1. The number of nitrogens with zero attached hydrogens (tertiary/aromatic N) is 2. The number of hydrogen-bond donors (Lipinski definition) is 3. The van der Waals surface area contributed by atoms with Crippen molar-refractivity contribution in [2.24, 2.45) is 4.99 Å². The molecule has 178 valence electrons. The van der Waals surface area contributed by atoms with Crippen LogP contribution in [0.15, 0.2) is 41.0 Å². The molecule has 0 bridgehead atoms. The van der Waals surface area contributed by atoms with Crippen molar-refractivity contribution in [3.8, 4) is 0 Å². The van der Waals surface area contributed by atoms with E-state index < -0.39 is 5.97 Å². The second kappa shape index (κ2) is 15.1. The summed E-state index contributed by atoms with van der Waals surface area (Å²) in [4.78, 5) is 13.5.